The fourth-order valence-corrected chi connectivity index (χ4v) is 2.95. The predicted molar refractivity (Wildman–Crippen MR) is 80.7 cm³/mol. The number of nitrogens with one attached hydrogen (secondary N) is 1. The number of pyridine rings is 1. The monoisotopic (exact) mass is 282 g/mol. The van der Waals surface area contributed by atoms with E-state index < -0.39 is 0 Å². The topological polar surface area (TPSA) is 77.7 Å². The number of rotatable bonds is 3. The van der Waals surface area contributed by atoms with Crippen LogP contribution in [0.25, 0.3) is 11.2 Å². The summed E-state index contributed by atoms with van der Waals surface area (Å²) in [6, 6.07) is 4.49. The van der Waals surface area contributed by atoms with Crippen molar-refractivity contribution >= 4 is 16.9 Å². The quantitative estimate of drug-likeness (QED) is 0.856. The molecule has 1 aliphatic heterocycles. The van der Waals surface area contributed by atoms with Crippen molar-refractivity contribution in [3.8, 4) is 6.07 Å². The minimum atomic E-state index is 0.293. The van der Waals surface area contributed by atoms with Gasteiger partial charge >= 0.3 is 0 Å². The zero-order valence-electron chi connectivity index (χ0n) is 12.0. The van der Waals surface area contributed by atoms with Gasteiger partial charge in [-0.3, -0.25) is 0 Å². The molecule has 108 valence electrons. The largest absolute Gasteiger partial charge is 0.352 e. The number of nitriles is 1. The van der Waals surface area contributed by atoms with Gasteiger partial charge in [0.2, 0.25) is 0 Å². The van der Waals surface area contributed by atoms with Gasteiger partial charge in [0.1, 0.15) is 12.1 Å². The first-order valence-electron chi connectivity index (χ1n) is 7.19. The minimum absolute atomic E-state index is 0.293. The summed E-state index contributed by atoms with van der Waals surface area (Å²) in [4.78, 5) is 15.0. The van der Waals surface area contributed by atoms with Gasteiger partial charge in [0, 0.05) is 31.2 Å². The van der Waals surface area contributed by atoms with Crippen molar-refractivity contribution in [2.24, 2.45) is 5.92 Å². The third kappa shape index (κ3) is 2.78. The van der Waals surface area contributed by atoms with E-state index in [2.05, 4.69) is 38.2 Å². The van der Waals surface area contributed by atoms with Crippen LogP contribution in [0.15, 0.2) is 24.7 Å². The van der Waals surface area contributed by atoms with E-state index in [0.29, 0.717) is 24.2 Å². The Morgan fingerprint density at radius 1 is 1.29 bits per heavy atom. The van der Waals surface area contributed by atoms with Crippen LogP contribution in [0.5, 0.6) is 0 Å². The van der Waals surface area contributed by atoms with E-state index in [-0.39, 0.29) is 0 Å². The Labute approximate surface area is 123 Å². The van der Waals surface area contributed by atoms with Gasteiger partial charge in [0.15, 0.2) is 5.65 Å². The number of nitrogens with zero attached hydrogens (tertiary/aromatic N) is 5. The molecule has 1 fully saturated rings. The fourth-order valence-electron chi connectivity index (χ4n) is 2.95. The molecule has 0 saturated carbocycles. The van der Waals surface area contributed by atoms with Gasteiger partial charge in [-0.1, -0.05) is 6.92 Å². The number of anilines is 1. The zero-order valence-corrected chi connectivity index (χ0v) is 12.0. The molecular formula is C15H18N6. The molecule has 2 aromatic heterocycles. The highest BCUT2D eigenvalue weighted by atomic mass is 15.2. The van der Waals surface area contributed by atoms with Crippen LogP contribution in [0.2, 0.25) is 0 Å². The molecule has 2 atom stereocenters. The molecule has 0 bridgehead atoms. The van der Waals surface area contributed by atoms with Gasteiger partial charge in [-0.05, 0) is 24.9 Å². The Morgan fingerprint density at radius 3 is 2.90 bits per heavy atom. The second-order valence-corrected chi connectivity index (χ2v) is 5.50. The summed E-state index contributed by atoms with van der Waals surface area (Å²) in [5.41, 5.74) is 2.32. The van der Waals surface area contributed by atoms with Gasteiger partial charge < -0.3 is 10.2 Å². The zero-order chi connectivity index (χ0) is 14.7. The summed E-state index contributed by atoms with van der Waals surface area (Å²) in [5.74, 6) is 0.601. The molecule has 2 aromatic rings. The second-order valence-electron chi connectivity index (χ2n) is 5.50. The third-order valence-electron chi connectivity index (χ3n) is 3.89. The fraction of sp³-hybridized carbons (Fsp3) is 0.467. The van der Waals surface area contributed by atoms with Crippen LogP contribution in [0.1, 0.15) is 13.3 Å². The van der Waals surface area contributed by atoms with Crippen molar-refractivity contribution in [3.63, 3.8) is 0 Å². The van der Waals surface area contributed by atoms with E-state index in [0.717, 1.165) is 30.7 Å². The summed E-state index contributed by atoms with van der Waals surface area (Å²) in [6.45, 7) is 4.49. The Hall–Kier alpha value is -2.26. The van der Waals surface area contributed by atoms with Crippen molar-refractivity contribution < 1.29 is 0 Å². The third-order valence-corrected chi connectivity index (χ3v) is 3.89. The lowest BCUT2D eigenvalue weighted by Crippen LogP contribution is -2.49. The van der Waals surface area contributed by atoms with Gasteiger partial charge in [0.25, 0.3) is 0 Å². The van der Waals surface area contributed by atoms with E-state index >= 15 is 0 Å². The smallest absolute Gasteiger partial charge is 0.180 e. The number of hydrogen-bond acceptors (Lipinski definition) is 6. The SMILES string of the molecule is C[C@@H]1CNC[C@H](N(CC#N)c2ccnc3nccnc23)C1. The lowest BCUT2D eigenvalue weighted by molar-refractivity contribution is 0.352. The summed E-state index contributed by atoms with van der Waals surface area (Å²) >= 11 is 0. The molecule has 0 aromatic carbocycles. The molecule has 0 radical (unpaired) electrons. The molecule has 0 aliphatic carbocycles. The number of piperidine rings is 1. The standard InChI is InChI=1S/C15H18N6/c1-11-8-12(10-17-9-11)21(7-3-16)13-2-4-19-15-14(13)18-5-6-20-15/h2,4-6,11-12,17H,7-10H2,1H3/t11-,12+/m0/s1. The van der Waals surface area contributed by atoms with E-state index in [1.807, 2.05) is 6.07 Å². The van der Waals surface area contributed by atoms with Crippen LogP contribution >= 0.6 is 0 Å². The first-order chi connectivity index (χ1) is 10.3. The Morgan fingerprint density at radius 2 is 2.10 bits per heavy atom. The summed E-state index contributed by atoms with van der Waals surface area (Å²) in [6.07, 6.45) is 6.10. The van der Waals surface area contributed by atoms with Crippen LogP contribution in [0, 0.1) is 17.2 Å². The molecule has 6 heteroatoms. The lowest BCUT2D eigenvalue weighted by Gasteiger charge is -2.37. The average molecular weight is 282 g/mol. The normalized spacial score (nSPS) is 21.9. The number of hydrogen-bond donors (Lipinski definition) is 1. The van der Waals surface area contributed by atoms with Crippen molar-refractivity contribution in [3.05, 3.63) is 24.7 Å². The summed E-state index contributed by atoms with van der Waals surface area (Å²) < 4.78 is 0. The van der Waals surface area contributed by atoms with Crippen LogP contribution < -0.4 is 10.2 Å². The Balaban J connectivity index is 2.01. The van der Waals surface area contributed by atoms with Crippen LogP contribution in [0.3, 0.4) is 0 Å². The first kappa shape index (κ1) is 13.7. The lowest BCUT2D eigenvalue weighted by atomic mass is 9.96. The number of fused-ring (bicyclic) bond motifs is 1. The molecule has 0 amide bonds. The van der Waals surface area contributed by atoms with Gasteiger partial charge in [-0.25, -0.2) is 15.0 Å². The van der Waals surface area contributed by atoms with Crippen molar-refractivity contribution in [1.82, 2.24) is 20.3 Å². The predicted octanol–water partition coefficient (Wildman–Crippen LogP) is 1.35. The first-order valence-corrected chi connectivity index (χ1v) is 7.19. The molecule has 3 rings (SSSR count). The van der Waals surface area contributed by atoms with Gasteiger partial charge in [0.05, 0.1) is 11.8 Å². The van der Waals surface area contributed by atoms with E-state index in [9.17, 15) is 5.26 Å². The van der Waals surface area contributed by atoms with E-state index in [1.165, 1.54) is 0 Å². The summed E-state index contributed by atoms with van der Waals surface area (Å²) in [5, 5.41) is 12.6. The molecule has 0 spiro atoms. The number of aromatic nitrogens is 3. The van der Waals surface area contributed by atoms with Crippen molar-refractivity contribution in [2.45, 2.75) is 19.4 Å². The molecule has 21 heavy (non-hydrogen) atoms. The van der Waals surface area contributed by atoms with Crippen LogP contribution in [-0.4, -0.2) is 40.6 Å². The Bertz CT molecular complexity index is 659. The van der Waals surface area contributed by atoms with Crippen molar-refractivity contribution in [1.29, 1.82) is 5.26 Å². The highest BCUT2D eigenvalue weighted by Gasteiger charge is 2.26. The maximum absolute atomic E-state index is 9.20. The van der Waals surface area contributed by atoms with Crippen LogP contribution in [0.4, 0.5) is 5.69 Å². The highest BCUT2D eigenvalue weighted by Crippen LogP contribution is 2.26. The molecule has 3 heterocycles. The molecule has 1 N–H and O–H groups in total. The Kier molecular flexibility index (Phi) is 3.93. The highest BCUT2D eigenvalue weighted by molar-refractivity contribution is 5.85. The van der Waals surface area contributed by atoms with E-state index in [1.54, 1.807) is 18.6 Å². The van der Waals surface area contributed by atoms with Gasteiger partial charge in [-0.15, -0.1) is 0 Å². The van der Waals surface area contributed by atoms with Crippen molar-refractivity contribution in [2.75, 3.05) is 24.5 Å². The minimum Gasteiger partial charge on any atom is -0.352 e. The summed E-state index contributed by atoms with van der Waals surface area (Å²) in [7, 11) is 0. The van der Waals surface area contributed by atoms with Crippen LogP contribution in [-0.2, 0) is 0 Å². The molecule has 1 saturated heterocycles. The molecule has 0 unspecified atom stereocenters. The van der Waals surface area contributed by atoms with E-state index in [4.69, 9.17) is 0 Å². The average Bonchev–Trinajstić information content (AvgIpc) is 2.52. The molecule has 6 nitrogen and oxygen atoms in total. The van der Waals surface area contributed by atoms with Gasteiger partial charge in [-0.2, -0.15) is 5.26 Å². The maximum atomic E-state index is 9.20. The molecular weight excluding hydrogens is 264 g/mol. The second kappa shape index (κ2) is 6.02. The maximum Gasteiger partial charge on any atom is 0.180 e. The molecule has 1 aliphatic rings.